The van der Waals surface area contributed by atoms with Crippen LogP contribution in [0.5, 0.6) is 11.5 Å². The van der Waals surface area contributed by atoms with E-state index in [2.05, 4.69) is 5.32 Å². The average molecular weight is 437 g/mol. The van der Waals surface area contributed by atoms with Gasteiger partial charge in [0, 0.05) is 17.7 Å². The van der Waals surface area contributed by atoms with Crippen LogP contribution in [0.2, 0.25) is 0 Å². The number of carbonyl (C=O) groups is 3. The molecule has 0 saturated heterocycles. The second kappa shape index (κ2) is 9.50. The number of ether oxygens (including phenoxy) is 3. The third-order valence-corrected chi connectivity index (χ3v) is 4.26. The van der Waals surface area contributed by atoms with E-state index in [1.54, 1.807) is 12.1 Å². The Balaban J connectivity index is 1.44. The molecule has 2 aromatic carbocycles. The van der Waals surface area contributed by atoms with E-state index in [1.807, 2.05) is 0 Å². The molecule has 3 rings (SSSR count). The summed E-state index contributed by atoms with van der Waals surface area (Å²) in [5.74, 6) is -0.918. The van der Waals surface area contributed by atoms with E-state index in [0.29, 0.717) is 30.3 Å². The molecule has 1 heterocycles. The highest BCUT2D eigenvalue weighted by Gasteiger charge is 2.30. The topological polar surface area (TPSA) is 90.9 Å². The van der Waals surface area contributed by atoms with Gasteiger partial charge < -0.3 is 19.5 Å². The van der Waals surface area contributed by atoms with Crippen LogP contribution in [0.3, 0.4) is 0 Å². The first-order valence-electron chi connectivity index (χ1n) is 9.28. The average Bonchev–Trinajstić information content (AvgIpc) is 2.75. The van der Waals surface area contributed by atoms with E-state index in [9.17, 15) is 27.6 Å². The van der Waals surface area contributed by atoms with Gasteiger partial charge in [-0.05, 0) is 36.4 Å². The van der Waals surface area contributed by atoms with Crippen molar-refractivity contribution in [1.29, 1.82) is 0 Å². The molecule has 0 radical (unpaired) electrons. The first-order valence-corrected chi connectivity index (χ1v) is 9.28. The van der Waals surface area contributed by atoms with Crippen molar-refractivity contribution < 1.29 is 41.8 Å². The number of rotatable bonds is 7. The molecule has 1 aliphatic rings. The molecule has 0 bridgehead atoms. The number of benzene rings is 2. The van der Waals surface area contributed by atoms with Gasteiger partial charge in [-0.3, -0.25) is 14.4 Å². The molecule has 1 aliphatic heterocycles. The minimum Gasteiger partial charge on any atom is -0.486 e. The van der Waals surface area contributed by atoms with E-state index < -0.39 is 30.2 Å². The van der Waals surface area contributed by atoms with Crippen LogP contribution in [0.15, 0.2) is 42.5 Å². The number of anilines is 1. The number of hydrogen-bond donors (Lipinski definition) is 1. The summed E-state index contributed by atoms with van der Waals surface area (Å²) in [6.45, 7) is 0.111. The number of esters is 1. The fourth-order valence-electron chi connectivity index (χ4n) is 2.77. The molecule has 0 aromatic heterocycles. The lowest BCUT2D eigenvalue weighted by molar-refractivity contribution is -0.147. The second-order valence-electron chi connectivity index (χ2n) is 6.57. The van der Waals surface area contributed by atoms with Crippen LogP contribution >= 0.6 is 0 Å². The van der Waals surface area contributed by atoms with Crippen LogP contribution in [-0.2, 0) is 20.5 Å². The molecular weight excluding hydrogens is 419 g/mol. The quantitative estimate of drug-likeness (QED) is 0.526. The predicted molar refractivity (Wildman–Crippen MR) is 102 cm³/mol. The zero-order valence-corrected chi connectivity index (χ0v) is 16.2. The maximum atomic E-state index is 12.7. The zero-order chi connectivity index (χ0) is 22.4. The number of halogens is 3. The molecule has 0 fully saturated rings. The Morgan fingerprint density at radius 3 is 2.45 bits per heavy atom. The fraction of sp³-hybridized carbons (Fsp3) is 0.286. The predicted octanol–water partition coefficient (Wildman–Crippen LogP) is 3.62. The summed E-state index contributed by atoms with van der Waals surface area (Å²) < 4.78 is 53.6. The van der Waals surface area contributed by atoms with E-state index in [4.69, 9.17) is 14.2 Å². The summed E-state index contributed by atoms with van der Waals surface area (Å²) in [5, 5.41) is 2.22. The normalized spacial score (nSPS) is 12.7. The third kappa shape index (κ3) is 6.21. The Bertz CT molecular complexity index is 989. The van der Waals surface area contributed by atoms with Gasteiger partial charge in [-0.2, -0.15) is 13.2 Å². The molecular formula is C21H18F3NO6. The Labute approximate surface area is 175 Å². The molecule has 0 atom stereocenters. The summed E-state index contributed by atoms with van der Waals surface area (Å²) in [5.41, 5.74) is -0.649. The summed E-state index contributed by atoms with van der Waals surface area (Å²) in [4.78, 5) is 35.9. The number of nitrogens with one attached hydrogen (secondary N) is 1. The van der Waals surface area contributed by atoms with E-state index in [0.717, 1.165) is 18.2 Å². The highest BCUT2D eigenvalue weighted by atomic mass is 19.4. The summed E-state index contributed by atoms with van der Waals surface area (Å²) in [7, 11) is 0. The van der Waals surface area contributed by atoms with Gasteiger partial charge in [-0.1, -0.05) is 6.07 Å². The number of hydrogen-bond acceptors (Lipinski definition) is 6. The first kappa shape index (κ1) is 22.1. The highest BCUT2D eigenvalue weighted by molar-refractivity contribution is 5.98. The van der Waals surface area contributed by atoms with Crippen LogP contribution in [0, 0.1) is 0 Å². The van der Waals surface area contributed by atoms with Crippen LogP contribution in [0.25, 0.3) is 0 Å². The van der Waals surface area contributed by atoms with E-state index >= 15 is 0 Å². The lowest BCUT2D eigenvalue weighted by Gasteiger charge is -2.18. The Kier molecular flexibility index (Phi) is 6.78. The van der Waals surface area contributed by atoms with Crippen molar-refractivity contribution in [2.75, 3.05) is 25.1 Å². The summed E-state index contributed by atoms with van der Waals surface area (Å²) in [6, 6.07) is 8.77. The van der Waals surface area contributed by atoms with Crippen molar-refractivity contribution in [3.8, 4) is 11.5 Å². The number of fused-ring (bicyclic) bond motifs is 1. The standard InChI is InChI=1S/C21H18F3NO6/c22-21(23,24)14-2-1-3-15(11-14)25-19(27)12-31-20(28)7-5-16(26)13-4-6-17-18(10-13)30-9-8-29-17/h1-4,6,10-11H,5,7-9,12H2,(H,25,27). The number of amides is 1. The van der Waals surface area contributed by atoms with Crippen LogP contribution in [0.1, 0.15) is 28.8 Å². The van der Waals surface area contributed by atoms with Crippen molar-refractivity contribution in [1.82, 2.24) is 0 Å². The van der Waals surface area contributed by atoms with Gasteiger partial charge in [0.05, 0.1) is 12.0 Å². The first-order chi connectivity index (χ1) is 14.7. The molecule has 0 spiro atoms. The van der Waals surface area contributed by atoms with Gasteiger partial charge in [0.25, 0.3) is 5.91 Å². The zero-order valence-electron chi connectivity index (χ0n) is 16.2. The molecule has 2 aromatic rings. The second-order valence-corrected chi connectivity index (χ2v) is 6.57. The van der Waals surface area contributed by atoms with Gasteiger partial charge in [0.15, 0.2) is 23.9 Å². The van der Waals surface area contributed by atoms with Gasteiger partial charge in [0.2, 0.25) is 0 Å². The van der Waals surface area contributed by atoms with Crippen molar-refractivity contribution >= 4 is 23.3 Å². The number of carbonyl (C=O) groups excluding carboxylic acids is 3. The fourth-order valence-corrected chi connectivity index (χ4v) is 2.77. The SMILES string of the molecule is O=C(COC(=O)CCC(=O)c1ccc2c(c1)OCCO2)Nc1cccc(C(F)(F)F)c1. The van der Waals surface area contributed by atoms with Gasteiger partial charge in [-0.15, -0.1) is 0 Å². The molecule has 1 N–H and O–H groups in total. The smallest absolute Gasteiger partial charge is 0.416 e. The highest BCUT2D eigenvalue weighted by Crippen LogP contribution is 2.31. The Morgan fingerprint density at radius 1 is 0.968 bits per heavy atom. The van der Waals surface area contributed by atoms with Gasteiger partial charge >= 0.3 is 12.1 Å². The molecule has 31 heavy (non-hydrogen) atoms. The van der Waals surface area contributed by atoms with E-state index in [-0.39, 0.29) is 24.3 Å². The van der Waals surface area contributed by atoms with Gasteiger partial charge in [-0.25, -0.2) is 0 Å². The van der Waals surface area contributed by atoms with Crippen molar-refractivity contribution in [3.63, 3.8) is 0 Å². The Hall–Kier alpha value is -3.56. The molecule has 0 unspecified atom stereocenters. The summed E-state index contributed by atoms with van der Waals surface area (Å²) >= 11 is 0. The lowest BCUT2D eigenvalue weighted by atomic mass is 10.1. The molecule has 0 aliphatic carbocycles. The maximum absolute atomic E-state index is 12.7. The number of Topliss-reactive ketones (excluding diaryl/α,β-unsaturated/α-hetero) is 1. The van der Waals surface area contributed by atoms with Crippen molar-refractivity contribution in [3.05, 3.63) is 53.6 Å². The van der Waals surface area contributed by atoms with Crippen LogP contribution in [0.4, 0.5) is 18.9 Å². The molecule has 10 heteroatoms. The maximum Gasteiger partial charge on any atom is 0.416 e. The minimum absolute atomic E-state index is 0.0790. The van der Waals surface area contributed by atoms with Crippen LogP contribution < -0.4 is 14.8 Å². The van der Waals surface area contributed by atoms with Crippen LogP contribution in [-0.4, -0.2) is 37.5 Å². The molecule has 1 amide bonds. The number of alkyl halides is 3. The van der Waals surface area contributed by atoms with Gasteiger partial charge in [0.1, 0.15) is 13.2 Å². The number of ketones is 1. The lowest BCUT2D eigenvalue weighted by Crippen LogP contribution is -2.21. The molecule has 7 nitrogen and oxygen atoms in total. The van der Waals surface area contributed by atoms with Crippen molar-refractivity contribution in [2.45, 2.75) is 19.0 Å². The minimum atomic E-state index is -4.54. The largest absolute Gasteiger partial charge is 0.486 e. The monoisotopic (exact) mass is 437 g/mol. The molecule has 0 saturated carbocycles. The summed E-state index contributed by atoms with van der Waals surface area (Å²) in [6.07, 6.45) is -4.95. The van der Waals surface area contributed by atoms with E-state index in [1.165, 1.54) is 12.1 Å². The third-order valence-electron chi connectivity index (χ3n) is 4.26. The Morgan fingerprint density at radius 2 is 1.71 bits per heavy atom. The molecule has 164 valence electrons. The van der Waals surface area contributed by atoms with Crippen molar-refractivity contribution in [2.24, 2.45) is 0 Å².